The molecule has 0 spiro atoms. The third-order valence-electron chi connectivity index (χ3n) is 5.91. The summed E-state index contributed by atoms with van der Waals surface area (Å²) in [6.07, 6.45) is 7.25. The fourth-order valence-electron chi connectivity index (χ4n) is 4.25. The standard InChI is InChI=1S/C22H24N6O/c29-22(18-7-9-28-16-23-15-19(28)14-18)27-12-10-26(11-13-27)20-6-8-24-21(25-20)17-4-2-1-3-5-17/h1-6,8,15-16,18H,7,9-14H2/t18-/m1/s1. The minimum absolute atomic E-state index is 0.0782. The Morgan fingerprint density at radius 3 is 2.66 bits per heavy atom. The summed E-state index contributed by atoms with van der Waals surface area (Å²) in [5.74, 6) is 2.02. The molecule has 1 amide bonds. The van der Waals surface area contributed by atoms with Crippen LogP contribution in [0, 0.1) is 5.92 Å². The molecule has 3 aromatic rings. The fraction of sp³-hybridized carbons (Fsp3) is 0.364. The highest BCUT2D eigenvalue weighted by molar-refractivity contribution is 5.79. The zero-order chi connectivity index (χ0) is 19.6. The summed E-state index contributed by atoms with van der Waals surface area (Å²) in [7, 11) is 0. The van der Waals surface area contributed by atoms with E-state index >= 15 is 0 Å². The van der Waals surface area contributed by atoms with Crippen molar-refractivity contribution in [3.63, 3.8) is 0 Å². The normalized spacial score (nSPS) is 19.1. The van der Waals surface area contributed by atoms with E-state index in [4.69, 9.17) is 4.98 Å². The number of rotatable bonds is 3. The fourth-order valence-corrected chi connectivity index (χ4v) is 4.25. The number of aromatic nitrogens is 4. The van der Waals surface area contributed by atoms with Gasteiger partial charge in [-0.2, -0.15) is 0 Å². The average molecular weight is 388 g/mol. The lowest BCUT2D eigenvalue weighted by Gasteiger charge is -2.37. The Morgan fingerprint density at radius 1 is 1.00 bits per heavy atom. The molecule has 0 aliphatic carbocycles. The molecule has 0 saturated carbocycles. The first-order valence-electron chi connectivity index (χ1n) is 10.2. The van der Waals surface area contributed by atoms with Crippen LogP contribution >= 0.6 is 0 Å². The highest BCUT2D eigenvalue weighted by atomic mass is 16.2. The Balaban J connectivity index is 1.22. The van der Waals surface area contributed by atoms with E-state index in [1.165, 1.54) is 5.69 Å². The van der Waals surface area contributed by atoms with Crippen molar-refractivity contribution in [3.05, 3.63) is 60.8 Å². The van der Waals surface area contributed by atoms with Crippen molar-refractivity contribution in [1.82, 2.24) is 24.4 Å². The first-order chi connectivity index (χ1) is 14.3. The van der Waals surface area contributed by atoms with Crippen LogP contribution in [0.15, 0.2) is 55.1 Å². The van der Waals surface area contributed by atoms with Crippen molar-refractivity contribution < 1.29 is 4.79 Å². The van der Waals surface area contributed by atoms with Gasteiger partial charge in [-0.05, 0) is 12.5 Å². The van der Waals surface area contributed by atoms with Crippen molar-refractivity contribution in [3.8, 4) is 11.4 Å². The number of aryl methyl sites for hydroxylation is 1. The van der Waals surface area contributed by atoms with Gasteiger partial charge in [0.15, 0.2) is 5.82 Å². The van der Waals surface area contributed by atoms with Gasteiger partial charge in [0.1, 0.15) is 5.82 Å². The van der Waals surface area contributed by atoms with Gasteiger partial charge in [-0.25, -0.2) is 15.0 Å². The largest absolute Gasteiger partial charge is 0.353 e. The number of carbonyl (C=O) groups excluding carboxylic acids is 1. The smallest absolute Gasteiger partial charge is 0.226 e. The number of anilines is 1. The molecule has 2 aliphatic rings. The van der Waals surface area contributed by atoms with E-state index in [2.05, 4.69) is 19.4 Å². The summed E-state index contributed by atoms with van der Waals surface area (Å²) in [6, 6.07) is 12.0. The molecule has 7 heteroatoms. The monoisotopic (exact) mass is 388 g/mol. The minimum Gasteiger partial charge on any atom is -0.353 e. The van der Waals surface area contributed by atoms with Gasteiger partial charge < -0.3 is 14.4 Å². The van der Waals surface area contributed by atoms with Crippen LogP contribution < -0.4 is 4.90 Å². The molecule has 1 atom stereocenters. The van der Waals surface area contributed by atoms with Crippen LogP contribution in [0.3, 0.4) is 0 Å². The molecular formula is C22H24N6O. The highest BCUT2D eigenvalue weighted by Crippen LogP contribution is 2.24. The van der Waals surface area contributed by atoms with Crippen LogP contribution in [0.1, 0.15) is 12.1 Å². The lowest BCUT2D eigenvalue weighted by atomic mass is 9.94. The lowest BCUT2D eigenvalue weighted by Crippen LogP contribution is -2.51. The zero-order valence-corrected chi connectivity index (χ0v) is 16.3. The Labute approximate surface area is 170 Å². The number of benzene rings is 1. The predicted molar refractivity (Wildman–Crippen MR) is 110 cm³/mol. The first kappa shape index (κ1) is 17.8. The lowest BCUT2D eigenvalue weighted by molar-refractivity contribution is -0.136. The van der Waals surface area contributed by atoms with Gasteiger partial charge in [0, 0.05) is 68.7 Å². The van der Waals surface area contributed by atoms with Crippen LogP contribution in [-0.4, -0.2) is 56.5 Å². The maximum Gasteiger partial charge on any atom is 0.226 e. The number of carbonyl (C=O) groups is 1. The van der Waals surface area contributed by atoms with Gasteiger partial charge in [-0.1, -0.05) is 30.3 Å². The molecule has 29 heavy (non-hydrogen) atoms. The van der Waals surface area contributed by atoms with Crippen molar-refractivity contribution in [1.29, 1.82) is 0 Å². The van der Waals surface area contributed by atoms with Gasteiger partial charge in [0.2, 0.25) is 5.91 Å². The van der Waals surface area contributed by atoms with Crippen LogP contribution in [0.2, 0.25) is 0 Å². The van der Waals surface area contributed by atoms with E-state index in [9.17, 15) is 4.79 Å². The molecule has 7 nitrogen and oxygen atoms in total. The Bertz CT molecular complexity index is 993. The Morgan fingerprint density at radius 2 is 1.83 bits per heavy atom. The van der Waals surface area contributed by atoms with Gasteiger partial charge >= 0.3 is 0 Å². The van der Waals surface area contributed by atoms with Crippen LogP contribution in [0.4, 0.5) is 5.82 Å². The molecule has 0 N–H and O–H groups in total. The second kappa shape index (κ2) is 7.66. The second-order valence-corrected chi connectivity index (χ2v) is 7.68. The summed E-state index contributed by atoms with van der Waals surface area (Å²) in [5, 5.41) is 0. The number of fused-ring (bicyclic) bond motifs is 1. The molecule has 5 rings (SSSR count). The molecule has 148 valence electrons. The molecule has 2 aromatic heterocycles. The first-order valence-corrected chi connectivity index (χ1v) is 10.2. The maximum atomic E-state index is 13.0. The van der Waals surface area contributed by atoms with Crippen molar-refractivity contribution in [2.24, 2.45) is 5.92 Å². The number of nitrogens with zero attached hydrogens (tertiary/aromatic N) is 6. The number of piperazine rings is 1. The summed E-state index contributed by atoms with van der Waals surface area (Å²) in [6.45, 7) is 3.94. The van der Waals surface area contributed by atoms with E-state index in [1.54, 1.807) is 0 Å². The summed E-state index contributed by atoms with van der Waals surface area (Å²) in [4.78, 5) is 30.6. The van der Waals surface area contributed by atoms with Gasteiger partial charge in [-0.3, -0.25) is 4.79 Å². The predicted octanol–water partition coefficient (Wildman–Crippen LogP) is 2.25. The van der Waals surface area contributed by atoms with E-state index in [-0.39, 0.29) is 11.8 Å². The van der Waals surface area contributed by atoms with Crippen LogP contribution in [0.5, 0.6) is 0 Å². The number of hydrogen-bond acceptors (Lipinski definition) is 5. The van der Waals surface area contributed by atoms with E-state index < -0.39 is 0 Å². The molecule has 4 heterocycles. The Kier molecular flexibility index (Phi) is 4.71. The molecule has 1 aromatic carbocycles. The van der Waals surface area contributed by atoms with Gasteiger partial charge in [0.25, 0.3) is 0 Å². The molecule has 0 unspecified atom stereocenters. The summed E-state index contributed by atoms with van der Waals surface area (Å²) < 4.78 is 2.15. The number of amides is 1. The number of imidazole rings is 1. The molecule has 1 saturated heterocycles. The molecular weight excluding hydrogens is 364 g/mol. The molecule has 0 radical (unpaired) electrons. The van der Waals surface area contributed by atoms with Gasteiger partial charge in [0.05, 0.1) is 6.33 Å². The van der Waals surface area contributed by atoms with Gasteiger partial charge in [-0.15, -0.1) is 0 Å². The molecule has 2 aliphatic heterocycles. The maximum absolute atomic E-state index is 13.0. The van der Waals surface area contributed by atoms with E-state index in [0.717, 1.165) is 62.8 Å². The average Bonchev–Trinajstić information content (AvgIpc) is 3.27. The molecule has 1 fully saturated rings. The third kappa shape index (κ3) is 3.60. The van der Waals surface area contributed by atoms with Crippen molar-refractivity contribution in [2.45, 2.75) is 19.4 Å². The van der Waals surface area contributed by atoms with Crippen molar-refractivity contribution >= 4 is 11.7 Å². The Hall–Kier alpha value is -3.22. The van der Waals surface area contributed by atoms with Crippen molar-refractivity contribution in [2.75, 3.05) is 31.1 Å². The second-order valence-electron chi connectivity index (χ2n) is 7.68. The summed E-state index contributed by atoms with van der Waals surface area (Å²) >= 11 is 0. The zero-order valence-electron chi connectivity index (χ0n) is 16.3. The van der Waals surface area contributed by atoms with E-state index in [0.29, 0.717) is 0 Å². The third-order valence-corrected chi connectivity index (χ3v) is 5.91. The van der Waals surface area contributed by atoms with Crippen LogP contribution in [-0.2, 0) is 17.8 Å². The quantitative estimate of drug-likeness (QED) is 0.689. The topological polar surface area (TPSA) is 67.2 Å². The van der Waals surface area contributed by atoms with E-state index in [1.807, 2.05) is 60.0 Å². The van der Waals surface area contributed by atoms with Crippen LogP contribution in [0.25, 0.3) is 11.4 Å². The molecule has 0 bridgehead atoms. The summed E-state index contributed by atoms with van der Waals surface area (Å²) in [5.41, 5.74) is 2.18. The highest BCUT2D eigenvalue weighted by Gasteiger charge is 2.30. The minimum atomic E-state index is 0.0782. The number of hydrogen-bond donors (Lipinski definition) is 0. The SMILES string of the molecule is O=C([C@@H]1CCn2cncc2C1)N1CCN(c2ccnc(-c3ccccc3)n2)CC1.